The SMILES string of the molecule is Fc1ccc(CC(CCl)(CCl)c2ccccc2Cl)cc1Br. The van der Waals surface area contributed by atoms with Gasteiger partial charge in [0.15, 0.2) is 0 Å². The predicted molar refractivity (Wildman–Crippen MR) is 92.4 cm³/mol. The molecule has 2 aromatic rings. The second-order valence-electron chi connectivity index (χ2n) is 4.95. The predicted octanol–water partition coefficient (Wildman–Crippen LogP) is 6.20. The molecule has 0 aromatic heterocycles. The van der Waals surface area contributed by atoms with Crippen molar-refractivity contribution in [2.45, 2.75) is 11.8 Å². The molecule has 5 heteroatoms. The molecule has 0 saturated heterocycles. The monoisotopic (exact) mass is 408 g/mol. The molecule has 0 atom stereocenters. The summed E-state index contributed by atoms with van der Waals surface area (Å²) < 4.78 is 13.8. The second-order valence-corrected chi connectivity index (χ2v) is 6.75. The van der Waals surface area contributed by atoms with E-state index in [9.17, 15) is 4.39 Å². The van der Waals surface area contributed by atoms with Gasteiger partial charge >= 0.3 is 0 Å². The minimum absolute atomic E-state index is 0.293. The van der Waals surface area contributed by atoms with Gasteiger partial charge in [0.05, 0.1) is 4.47 Å². The Hall–Kier alpha value is -0.280. The molecule has 0 aliphatic heterocycles. The van der Waals surface area contributed by atoms with Gasteiger partial charge < -0.3 is 0 Å². The number of hydrogen-bond donors (Lipinski definition) is 0. The van der Waals surface area contributed by atoms with Crippen LogP contribution in [0, 0.1) is 5.82 Å². The molecule has 0 radical (unpaired) electrons. The van der Waals surface area contributed by atoms with Crippen LogP contribution in [0.3, 0.4) is 0 Å². The Morgan fingerprint density at radius 3 is 2.29 bits per heavy atom. The van der Waals surface area contributed by atoms with Gasteiger partial charge in [-0.3, -0.25) is 0 Å². The Labute approximate surface area is 147 Å². The number of rotatable bonds is 5. The summed E-state index contributed by atoms with van der Waals surface area (Å²) in [5.41, 5.74) is 1.38. The van der Waals surface area contributed by atoms with Gasteiger partial charge in [0.1, 0.15) is 5.82 Å². The van der Waals surface area contributed by atoms with Crippen LogP contribution >= 0.6 is 50.7 Å². The van der Waals surface area contributed by atoms with E-state index in [0.717, 1.165) is 11.1 Å². The molecule has 0 amide bonds. The van der Waals surface area contributed by atoms with Crippen molar-refractivity contribution in [1.29, 1.82) is 0 Å². The van der Waals surface area contributed by atoms with Gasteiger partial charge in [0, 0.05) is 22.2 Å². The van der Waals surface area contributed by atoms with E-state index in [1.807, 2.05) is 24.3 Å². The minimum atomic E-state index is -0.487. The number of halogens is 5. The molecule has 2 rings (SSSR count). The molecule has 21 heavy (non-hydrogen) atoms. The van der Waals surface area contributed by atoms with Crippen molar-refractivity contribution in [3.63, 3.8) is 0 Å². The highest BCUT2D eigenvalue weighted by Crippen LogP contribution is 2.36. The van der Waals surface area contributed by atoms with Gasteiger partial charge in [-0.1, -0.05) is 35.9 Å². The van der Waals surface area contributed by atoms with Crippen molar-refractivity contribution in [2.75, 3.05) is 11.8 Å². The molecular weight excluding hydrogens is 397 g/mol. The van der Waals surface area contributed by atoms with Crippen LogP contribution < -0.4 is 0 Å². The molecule has 0 spiro atoms. The maximum Gasteiger partial charge on any atom is 0.137 e. The van der Waals surface area contributed by atoms with E-state index in [4.69, 9.17) is 34.8 Å². The quantitative estimate of drug-likeness (QED) is 0.515. The lowest BCUT2D eigenvalue weighted by Crippen LogP contribution is -2.33. The van der Waals surface area contributed by atoms with Crippen LogP contribution in [-0.4, -0.2) is 11.8 Å². The zero-order chi connectivity index (χ0) is 15.5. The van der Waals surface area contributed by atoms with Crippen molar-refractivity contribution in [3.05, 3.63) is 68.9 Å². The zero-order valence-electron chi connectivity index (χ0n) is 11.1. The van der Waals surface area contributed by atoms with Crippen molar-refractivity contribution >= 4 is 50.7 Å². The molecule has 0 bridgehead atoms. The van der Waals surface area contributed by atoms with Crippen molar-refractivity contribution < 1.29 is 4.39 Å². The van der Waals surface area contributed by atoms with E-state index in [1.165, 1.54) is 6.07 Å². The summed E-state index contributed by atoms with van der Waals surface area (Å²) in [6.45, 7) is 0. The van der Waals surface area contributed by atoms with E-state index in [0.29, 0.717) is 27.7 Å². The van der Waals surface area contributed by atoms with Gasteiger partial charge in [0.25, 0.3) is 0 Å². The van der Waals surface area contributed by atoms with Crippen molar-refractivity contribution in [2.24, 2.45) is 0 Å². The first-order chi connectivity index (χ1) is 10.0. The zero-order valence-corrected chi connectivity index (χ0v) is 14.9. The molecule has 0 N–H and O–H groups in total. The van der Waals surface area contributed by atoms with Gasteiger partial charge in [-0.2, -0.15) is 0 Å². The Bertz CT molecular complexity index is 627. The van der Waals surface area contributed by atoms with Gasteiger partial charge in [-0.15, -0.1) is 23.2 Å². The summed E-state index contributed by atoms with van der Waals surface area (Å²) >= 11 is 21.9. The molecule has 0 fully saturated rings. The standard InChI is InChI=1S/C16H13BrCl3F/c17-13-7-11(5-6-15(13)21)8-16(9-18,10-19)12-3-1-2-4-14(12)20/h1-7H,8-10H2. The van der Waals surface area contributed by atoms with Crippen LogP contribution in [0.5, 0.6) is 0 Å². The summed E-state index contributed by atoms with van der Waals surface area (Å²) in [5, 5.41) is 0.639. The molecule has 0 aliphatic carbocycles. The Morgan fingerprint density at radius 1 is 1.05 bits per heavy atom. The fourth-order valence-electron chi connectivity index (χ4n) is 2.30. The number of benzene rings is 2. The Balaban J connectivity index is 2.43. The molecule has 0 aliphatic rings. The highest BCUT2D eigenvalue weighted by molar-refractivity contribution is 9.10. The van der Waals surface area contributed by atoms with Crippen LogP contribution in [-0.2, 0) is 11.8 Å². The summed E-state index contributed by atoms with van der Waals surface area (Å²) in [7, 11) is 0. The third kappa shape index (κ3) is 3.73. The molecule has 0 unspecified atom stereocenters. The first-order valence-electron chi connectivity index (χ1n) is 6.33. The fraction of sp³-hybridized carbons (Fsp3) is 0.250. The first-order valence-corrected chi connectivity index (χ1v) is 8.57. The summed E-state index contributed by atoms with van der Waals surface area (Å²) in [5.74, 6) is 0.364. The summed E-state index contributed by atoms with van der Waals surface area (Å²) in [6, 6.07) is 12.5. The lowest BCUT2D eigenvalue weighted by Gasteiger charge is -2.31. The maximum atomic E-state index is 13.4. The van der Waals surface area contributed by atoms with E-state index in [1.54, 1.807) is 12.1 Å². The third-order valence-electron chi connectivity index (χ3n) is 3.48. The smallest absolute Gasteiger partial charge is 0.137 e. The number of hydrogen-bond acceptors (Lipinski definition) is 0. The largest absolute Gasteiger partial charge is 0.206 e. The van der Waals surface area contributed by atoms with E-state index in [2.05, 4.69) is 15.9 Å². The van der Waals surface area contributed by atoms with E-state index >= 15 is 0 Å². The first kappa shape index (κ1) is 17.1. The average molecular weight is 411 g/mol. The average Bonchev–Trinajstić information content (AvgIpc) is 2.49. The van der Waals surface area contributed by atoms with Gasteiger partial charge in [-0.25, -0.2) is 4.39 Å². The highest BCUT2D eigenvalue weighted by Gasteiger charge is 2.33. The second kappa shape index (κ2) is 7.32. The molecule has 0 nitrogen and oxygen atoms in total. The summed E-state index contributed by atoms with van der Waals surface area (Å²) in [4.78, 5) is 0. The molecule has 0 heterocycles. The van der Waals surface area contributed by atoms with Gasteiger partial charge in [-0.05, 0) is 51.7 Å². The number of alkyl halides is 2. The van der Waals surface area contributed by atoms with Crippen LogP contribution in [0.1, 0.15) is 11.1 Å². The summed E-state index contributed by atoms with van der Waals surface area (Å²) in [6.07, 6.45) is 0.586. The van der Waals surface area contributed by atoms with Crippen LogP contribution in [0.15, 0.2) is 46.9 Å². The topological polar surface area (TPSA) is 0 Å². The lowest BCUT2D eigenvalue weighted by molar-refractivity contribution is 0.535. The highest BCUT2D eigenvalue weighted by atomic mass is 79.9. The van der Waals surface area contributed by atoms with E-state index < -0.39 is 5.41 Å². The molecular formula is C16H13BrCl3F. The lowest BCUT2D eigenvalue weighted by atomic mass is 9.78. The van der Waals surface area contributed by atoms with E-state index in [-0.39, 0.29) is 5.82 Å². The maximum absolute atomic E-state index is 13.4. The Morgan fingerprint density at radius 2 is 1.71 bits per heavy atom. The van der Waals surface area contributed by atoms with Crippen LogP contribution in [0.25, 0.3) is 0 Å². The van der Waals surface area contributed by atoms with Crippen molar-refractivity contribution in [3.8, 4) is 0 Å². The van der Waals surface area contributed by atoms with Crippen LogP contribution in [0.2, 0.25) is 5.02 Å². The molecule has 112 valence electrons. The van der Waals surface area contributed by atoms with Crippen molar-refractivity contribution in [1.82, 2.24) is 0 Å². The van der Waals surface area contributed by atoms with Crippen LogP contribution in [0.4, 0.5) is 4.39 Å². The minimum Gasteiger partial charge on any atom is -0.206 e. The normalized spacial score (nSPS) is 11.7. The van der Waals surface area contributed by atoms with Gasteiger partial charge in [0.2, 0.25) is 0 Å². The third-order valence-corrected chi connectivity index (χ3v) is 5.44. The molecule has 2 aromatic carbocycles. The molecule has 0 saturated carbocycles. The fourth-order valence-corrected chi connectivity index (χ4v) is 3.83. The Kier molecular flexibility index (Phi) is 5.96.